The van der Waals surface area contributed by atoms with Crippen molar-refractivity contribution in [2.24, 2.45) is 45.7 Å². The summed E-state index contributed by atoms with van der Waals surface area (Å²) in [6, 6.07) is 0. The summed E-state index contributed by atoms with van der Waals surface area (Å²) in [6.45, 7) is 5.54. The summed E-state index contributed by atoms with van der Waals surface area (Å²) in [5.41, 5.74) is 10.7. The zero-order chi connectivity index (χ0) is 30.3. The van der Waals surface area contributed by atoms with Gasteiger partial charge in [0.15, 0.2) is 0 Å². The largest absolute Gasteiger partial charge is 0.427 e. The van der Waals surface area contributed by atoms with Crippen molar-refractivity contribution >= 4 is 11.9 Å². The van der Waals surface area contributed by atoms with Gasteiger partial charge in [0.05, 0.1) is 17.5 Å². The van der Waals surface area contributed by atoms with Crippen molar-refractivity contribution in [2.45, 2.75) is 129 Å². The maximum Gasteiger partial charge on any atom is 0.340 e. The Bertz CT molecular complexity index is 1370. The summed E-state index contributed by atoms with van der Waals surface area (Å²) in [6.07, 6.45) is 23.5. The number of fused-ring (bicyclic) bond motifs is 1. The second kappa shape index (κ2) is 10.7. The van der Waals surface area contributed by atoms with Gasteiger partial charge in [0, 0.05) is 29.9 Å². The number of quaternary nitrogens is 1. The van der Waals surface area contributed by atoms with Gasteiger partial charge in [0.2, 0.25) is 0 Å². The average molecular weight is 602 g/mol. The predicted molar refractivity (Wildman–Crippen MR) is 168 cm³/mol. The number of unbranched alkanes of at least 4 members (excludes halogenated alkanes) is 1. The number of esters is 2. The number of ether oxygens (including phenoxy) is 2. The van der Waals surface area contributed by atoms with Crippen LogP contribution in [0.2, 0.25) is 0 Å². The molecule has 1 spiro atoms. The quantitative estimate of drug-likeness (QED) is 0.340. The number of carbonyl (C=O) groups is 2. The van der Waals surface area contributed by atoms with Crippen LogP contribution in [-0.2, 0) is 19.1 Å². The molecule has 2 unspecified atom stereocenters. The van der Waals surface area contributed by atoms with Crippen molar-refractivity contribution in [1.82, 2.24) is 0 Å². The number of rotatable bonds is 6. The zero-order valence-corrected chi connectivity index (χ0v) is 27.1. The van der Waals surface area contributed by atoms with Gasteiger partial charge < -0.3 is 14.8 Å². The van der Waals surface area contributed by atoms with Gasteiger partial charge in [-0.1, -0.05) is 46.0 Å². The third-order valence-electron chi connectivity index (χ3n) is 14.1. The minimum Gasteiger partial charge on any atom is -0.427 e. The van der Waals surface area contributed by atoms with Crippen LogP contribution in [0, 0.1) is 39.9 Å². The average Bonchev–Trinajstić information content (AvgIpc) is 3.83. The van der Waals surface area contributed by atoms with Gasteiger partial charge in [-0.3, -0.25) is 5.73 Å². The van der Waals surface area contributed by atoms with E-state index in [0.29, 0.717) is 17.8 Å². The molecule has 44 heavy (non-hydrogen) atoms. The minimum atomic E-state index is -0.537. The molecule has 3 heterocycles. The molecule has 0 aromatic carbocycles. The van der Waals surface area contributed by atoms with Gasteiger partial charge in [-0.2, -0.15) is 0 Å². The molecule has 6 aliphatic carbocycles. The number of cyclic esters (lactones) is 2. The van der Waals surface area contributed by atoms with E-state index in [9.17, 15) is 9.59 Å². The Morgan fingerprint density at radius 2 is 1.73 bits per heavy atom. The van der Waals surface area contributed by atoms with Gasteiger partial charge in [0.1, 0.15) is 17.7 Å². The van der Waals surface area contributed by atoms with E-state index in [0.717, 1.165) is 99.0 Å². The fourth-order valence-electron chi connectivity index (χ4n) is 12.2. The summed E-state index contributed by atoms with van der Waals surface area (Å²) in [7, 11) is 0. The molecule has 0 radical (unpaired) electrons. The number of allylic oxidation sites excluding steroid dienone is 5. The molecule has 0 aromatic rings. The number of carbonyl (C=O) groups excluding carboxylic acids is 2. The van der Waals surface area contributed by atoms with Gasteiger partial charge in [-0.25, -0.2) is 9.59 Å². The third kappa shape index (κ3) is 3.98. The van der Waals surface area contributed by atoms with Crippen LogP contribution in [0.15, 0.2) is 46.0 Å². The van der Waals surface area contributed by atoms with Crippen molar-refractivity contribution in [3.05, 3.63) is 46.0 Å². The number of piperidine rings is 1. The lowest BCUT2D eigenvalue weighted by atomic mass is 9.41. The molecular formula is C38H53N2O4+. The second-order valence-corrected chi connectivity index (χ2v) is 15.8. The Balaban J connectivity index is 1.32. The normalized spacial score (nSPS) is 40.5. The highest BCUT2D eigenvalue weighted by molar-refractivity contribution is 6.00. The molecule has 9 rings (SSSR count). The number of hydrogen-bond acceptors (Lipinski definition) is 5. The first kappa shape index (κ1) is 29.2. The molecule has 0 amide bonds. The molecule has 2 bridgehead atoms. The van der Waals surface area contributed by atoms with E-state index >= 15 is 0 Å². The first-order chi connectivity index (χ1) is 21.4. The van der Waals surface area contributed by atoms with Crippen LogP contribution in [-0.4, -0.2) is 24.6 Å². The molecule has 3 saturated carbocycles. The lowest BCUT2D eigenvalue weighted by molar-refractivity contribution is -0.700. The van der Waals surface area contributed by atoms with Gasteiger partial charge in [-0.15, -0.1) is 0 Å². The first-order valence-corrected chi connectivity index (χ1v) is 18.3. The molecule has 238 valence electrons. The highest BCUT2D eigenvalue weighted by Crippen LogP contribution is 2.74. The summed E-state index contributed by atoms with van der Waals surface area (Å²) in [4.78, 5) is 28.4. The van der Waals surface area contributed by atoms with Crippen LogP contribution in [0.5, 0.6) is 0 Å². The van der Waals surface area contributed by atoms with Crippen molar-refractivity contribution in [3.8, 4) is 0 Å². The molecule has 2 saturated heterocycles. The SMILES string of the molecule is CCCC=C1OC(=O)C2=C(C3(C4CC[NH2+]C(N)C4)CCCC3)[C@H]3CC[C@@]12[C@H]1C2=C(CC[C@H]31)C(=CC1(CC)CCCC1)OC2=O. The standard InChI is InChI=1S/C38H52N2O4/c1-3-5-10-28-38-19-13-25(32(33(38)35(42)44-28)37(17-8-9-18-37)23-14-20-40-29(39)21-23)24-11-12-26-27(43-34(41)30(26)31(24)38)22-36(4-2)15-6-7-16-36/h10,22-25,29,31,40H,3-9,11-21,39H2,1-2H3/p+1/t23?,24-,25+,29?,31-,38+/m1/s1. The van der Waals surface area contributed by atoms with Crippen LogP contribution in [0.1, 0.15) is 123 Å². The monoisotopic (exact) mass is 601 g/mol. The van der Waals surface area contributed by atoms with Crippen molar-refractivity contribution < 1.29 is 24.4 Å². The van der Waals surface area contributed by atoms with E-state index in [1.54, 1.807) is 0 Å². The van der Waals surface area contributed by atoms with Crippen molar-refractivity contribution in [3.63, 3.8) is 0 Å². The Labute approximate surface area is 263 Å². The molecule has 0 aromatic heterocycles. The number of hydrogen-bond donors (Lipinski definition) is 2. The fraction of sp³-hybridized carbons (Fsp3) is 0.737. The maximum atomic E-state index is 14.4. The summed E-state index contributed by atoms with van der Waals surface area (Å²) >= 11 is 0. The Hall–Kier alpha value is -2.18. The highest BCUT2D eigenvalue weighted by atomic mass is 16.5. The summed E-state index contributed by atoms with van der Waals surface area (Å²) < 4.78 is 12.7. The molecule has 6 atom stereocenters. The molecule has 3 aliphatic heterocycles. The van der Waals surface area contributed by atoms with E-state index in [1.165, 1.54) is 50.5 Å². The van der Waals surface area contributed by atoms with E-state index in [4.69, 9.17) is 15.2 Å². The smallest absolute Gasteiger partial charge is 0.340 e. The lowest BCUT2D eigenvalue weighted by Crippen LogP contribution is -2.95. The van der Waals surface area contributed by atoms with Gasteiger partial charge in [0.25, 0.3) is 0 Å². The second-order valence-electron chi connectivity index (χ2n) is 15.8. The molecule has 6 heteroatoms. The van der Waals surface area contributed by atoms with Crippen LogP contribution in [0.3, 0.4) is 0 Å². The number of nitrogens with two attached hydrogens (primary N) is 2. The van der Waals surface area contributed by atoms with E-state index in [2.05, 4.69) is 31.3 Å². The van der Waals surface area contributed by atoms with E-state index < -0.39 is 5.41 Å². The van der Waals surface area contributed by atoms with Gasteiger partial charge >= 0.3 is 11.9 Å². The minimum absolute atomic E-state index is 0.0294. The third-order valence-corrected chi connectivity index (χ3v) is 14.1. The van der Waals surface area contributed by atoms with Crippen LogP contribution >= 0.6 is 0 Å². The van der Waals surface area contributed by atoms with Crippen molar-refractivity contribution in [1.29, 1.82) is 0 Å². The zero-order valence-electron chi connectivity index (χ0n) is 27.1. The predicted octanol–water partition coefficient (Wildman–Crippen LogP) is 6.49. The Morgan fingerprint density at radius 3 is 2.45 bits per heavy atom. The van der Waals surface area contributed by atoms with Crippen LogP contribution in [0.25, 0.3) is 0 Å². The lowest BCUT2D eigenvalue weighted by Gasteiger charge is -2.60. The molecule has 4 N–H and O–H groups in total. The first-order valence-electron chi connectivity index (χ1n) is 18.3. The van der Waals surface area contributed by atoms with Crippen LogP contribution < -0.4 is 11.1 Å². The molecule has 9 aliphatic rings. The fourth-order valence-corrected chi connectivity index (χ4v) is 12.2. The van der Waals surface area contributed by atoms with Crippen molar-refractivity contribution in [2.75, 3.05) is 6.54 Å². The van der Waals surface area contributed by atoms with Gasteiger partial charge in [-0.05, 0) is 111 Å². The maximum absolute atomic E-state index is 14.4. The Morgan fingerprint density at radius 1 is 0.955 bits per heavy atom. The topological polar surface area (TPSA) is 95.2 Å². The summed E-state index contributed by atoms with van der Waals surface area (Å²) in [5.74, 6) is 2.60. The van der Waals surface area contributed by atoms with E-state index in [-0.39, 0.29) is 34.9 Å². The molecule has 5 fully saturated rings. The molecular weight excluding hydrogens is 548 g/mol. The van der Waals surface area contributed by atoms with Crippen LogP contribution in [0.4, 0.5) is 0 Å². The van der Waals surface area contributed by atoms with E-state index in [1.807, 2.05) is 0 Å². The summed E-state index contributed by atoms with van der Waals surface area (Å²) in [5, 5.41) is 2.30. The Kier molecular flexibility index (Phi) is 7.10. The highest BCUT2D eigenvalue weighted by Gasteiger charge is 2.70. The molecule has 6 nitrogen and oxygen atoms in total.